The average molecular weight is 484 g/mol. The van der Waals surface area contributed by atoms with E-state index in [1.807, 2.05) is 42.6 Å². The van der Waals surface area contributed by atoms with Gasteiger partial charge in [-0.1, -0.05) is 19.1 Å². The fraction of sp³-hybridized carbons (Fsp3) is 0.348. The minimum atomic E-state index is -3.03. The van der Waals surface area contributed by atoms with Crippen molar-refractivity contribution in [3.05, 3.63) is 65.5 Å². The van der Waals surface area contributed by atoms with Crippen LogP contribution in [0.25, 0.3) is 5.65 Å². The highest BCUT2D eigenvalue weighted by molar-refractivity contribution is 7.91. The smallest absolute Gasteiger partial charge is 0.163 e. The molecule has 0 amide bonds. The highest BCUT2D eigenvalue weighted by Gasteiger charge is 2.27. The second kappa shape index (κ2) is 8.39. The number of aryl methyl sites for hydroxylation is 2. The molecule has 5 rings (SSSR count). The molecular weight excluding hydrogens is 457 g/mol. The lowest BCUT2D eigenvalue weighted by atomic mass is 9.93. The van der Waals surface area contributed by atoms with Gasteiger partial charge in [-0.3, -0.25) is 0 Å². The maximum atomic E-state index is 13.5. The van der Waals surface area contributed by atoms with Gasteiger partial charge in [-0.15, -0.1) is 0 Å². The standard InChI is InChI=1S/C23H26FN7O2S/c1-15(17-4-6-18(24)7-5-17)22-16(2)28-31-21(30-8-10-34(32,33)11-9-30)12-19(27-23(22)31)26-20-13-29(3)14-25-20/h4-7,12-15H,8-11H2,1-3H3,(H,26,27). The molecule has 1 aliphatic rings. The van der Waals surface area contributed by atoms with Gasteiger partial charge in [0, 0.05) is 43.9 Å². The highest BCUT2D eigenvalue weighted by atomic mass is 32.2. The molecule has 1 saturated heterocycles. The summed E-state index contributed by atoms with van der Waals surface area (Å²) in [5.41, 5.74) is 3.36. The molecule has 3 aromatic heterocycles. The van der Waals surface area contributed by atoms with Crippen molar-refractivity contribution in [3.8, 4) is 0 Å². The lowest BCUT2D eigenvalue weighted by Gasteiger charge is -2.29. The summed E-state index contributed by atoms with van der Waals surface area (Å²) in [5.74, 6) is 1.83. The van der Waals surface area contributed by atoms with Gasteiger partial charge < -0.3 is 14.8 Å². The first-order valence-electron chi connectivity index (χ1n) is 11.1. The van der Waals surface area contributed by atoms with Crippen LogP contribution < -0.4 is 10.2 Å². The van der Waals surface area contributed by atoms with Crippen LogP contribution in [-0.4, -0.2) is 57.2 Å². The zero-order valence-corrected chi connectivity index (χ0v) is 20.0. The van der Waals surface area contributed by atoms with Crippen LogP contribution in [0.5, 0.6) is 0 Å². The Balaban J connectivity index is 1.64. The second-order valence-corrected chi connectivity index (χ2v) is 11.0. The van der Waals surface area contributed by atoms with Crippen LogP contribution >= 0.6 is 0 Å². The Hall–Kier alpha value is -3.47. The van der Waals surface area contributed by atoms with Crippen LogP contribution in [0.1, 0.15) is 29.7 Å². The SMILES string of the molecule is Cc1nn2c(N3CCS(=O)(=O)CC3)cc(Nc3cn(C)cn3)nc2c1C(C)c1ccc(F)cc1. The third-order valence-electron chi connectivity index (χ3n) is 6.22. The molecule has 9 nitrogen and oxygen atoms in total. The van der Waals surface area contributed by atoms with Crippen molar-refractivity contribution in [2.24, 2.45) is 7.05 Å². The first kappa shape index (κ1) is 22.3. The number of aromatic nitrogens is 5. The Bertz CT molecular complexity index is 1450. The number of nitrogens with zero attached hydrogens (tertiary/aromatic N) is 6. The number of nitrogens with one attached hydrogen (secondary N) is 1. The normalized spacial score (nSPS) is 16.6. The average Bonchev–Trinajstić information content (AvgIpc) is 3.35. The van der Waals surface area contributed by atoms with E-state index in [9.17, 15) is 12.8 Å². The molecular formula is C23H26FN7O2S. The highest BCUT2D eigenvalue weighted by Crippen LogP contribution is 2.33. The van der Waals surface area contributed by atoms with E-state index >= 15 is 0 Å². The number of hydrogen-bond donors (Lipinski definition) is 1. The third kappa shape index (κ3) is 4.23. The van der Waals surface area contributed by atoms with Crippen molar-refractivity contribution >= 4 is 32.9 Å². The van der Waals surface area contributed by atoms with Gasteiger partial charge in [0.2, 0.25) is 0 Å². The fourth-order valence-electron chi connectivity index (χ4n) is 4.39. The lowest BCUT2D eigenvalue weighted by molar-refractivity contribution is 0.585. The van der Waals surface area contributed by atoms with Crippen molar-refractivity contribution in [2.75, 3.05) is 34.8 Å². The molecule has 4 aromatic rings. The number of benzene rings is 1. The van der Waals surface area contributed by atoms with Crippen LogP contribution in [0, 0.1) is 12.7 Å². The van der Waals surface area contributed by atoms with E-state index in [0.29, 0.717) is 30.4 Å². The minimum absolute atomic E-state index is 0.0784. The van der Waals surface area contributed by atoms with Crippen molar-refractivity contribution in [1.82, 2.24) is 24.1 Å². The largest absolute Gasteiger partial charge is 0.354 e. The lowest BCUT2D eigenvalue weighted by Crippen LogP contribution is -2.41. The van der Waals surface area contributed by atoms with E-state index < -0.39 is 9.84 Å². The molecule has 1 aliphatic heterocycles. The molecule has 1 aromatic carbocycles. The quantitative estimate of drug-likeness (QED) is 0.466. The predicted molar refractivity (Wildman–Crippen MR) is 129 cm³/mol. The molecule has 1 N–H and O–H groups in total. The molecule has 0 radical (unpaired) electrons. The molecule has 1 fully saturated rings. The molecule has 0 aliphatic carbocycles. The molecule has 0 bridgehead atoms. The maximum absolute atomic E-state index is 13.5. The van der Waals surface area contributed by atoms with E-state index in [2.05, 4.69) is 10.3 Å². The van der Waals surface area contributed by atoms with E-state index in [4.69, 9.17) is 10.1 Å². The number of imidazole rings is 1. The fourth-order valence-corrected chi connectivity index (χ4v) is 5.59. The van der Waals surface area contributed by atoms with Crippen LogP contribution in [0.3, 0.4) is 0 Å². The van der Waals surface area contributed by atoms with Crippen molar-refractivity contribution in [2.45, 2.75) is 19.8 Å². The van der Waals surface area contributed by atoms with Crippen LogP contribution in [0.4, 0.5) is 21.8 Å². The van der Waals surface area contributed by atoms with E-state index in [0.717, 1.165) is 22.6 Å². The minimum Gasteiger partial charge on any atom is -0.354 e. The Kier molecular flexibility index (Phi) is 5.51. The summed E-state index contributed by atoms with van der Waals surface area (Å²) in [6.07, 6.45) is 3.55. The van der Waals surface area contributed by atoms with Gasteiger partial charge in [-0.25, -0.2) is 22.8 Å². The molecule has 1 atom stereocenters. The molecule has 34 heavy (non-hydrogen) atoms. The molecule has 0 saturated carbocycles. The first-order valence-corrected chi connectivity index (χ1v) is 12.9. The van der Waals surface area contributed by atoms with Gasteiger partial charge >= 0.3 is 0 Å². The number of rotatable bonds is 5. The Morgan fingerprint density at radius 2 is 1.82 bits per heavy atom. The molecule has 1 unspecified atom stereocenters. The van der Waals surface area contributed by atoms with Crippen LogP contribution in [-0.2, 0) is 16.9 Å². The van der Waals surface area contributed by atoms with Crippen LogP contribution in [0.15, 0.2) is 42.9 Å². The summed E-state index contributed by atoms with van der Waals surface area (Å²) < 4.78 is 41.2. The summed E-state index contributed by atoms with van der Waals surface area (Å²) in [6.45, 7) is 4.74. The molecule has 0 spiro atoms. The molecule has 11 heteroatoms. The summed E-state index contributed by atoms with van der Waals surface area (Å²) >= 11 is 0. The van der Waals surface area contributed by atoms with Gasteiger partial charge in [0.1, 0.15) is 23.3 Å². The first-order chi connectivity index (χ1) is 16.2. The maximum Gasteiger partial charge on any atom is 0.163 e. The summed E-state index contributed by atoms with van der Waals surface area (Å²) in [5, 5.41) is 8.04. The Labute approximate surface area is 197 Å². The van der Waals surface area contributed by atoms with E-state index in [1.54, 1.807) is 23.0 Å². The van der Waals surface area contributed by atoms with Crippen LogP contribution in [0.2, 0.25) is 0 Å². The van der Waals surface area contributed by atoms with Crippen molar-refractivity contribution < 1.29 is 12.8 Å². The van der Waals surface area contributed by atoms with Gasteiger partial charge in [0.25, 0.3) is 0 Å². The number of fused-ring (bicyclic) bond motifs is 1. The third-order valence-corrected chi connectivity index (χ3v) is 7.83. The molecule has 178 valence electrons. The topological polar surface area (TPSA) is 97.4 Å². The van der Waals surface area contributed by atoms with Gasteiger partial charge in [0.15, 0.2) is 15.5 Å². The molecule has 4 heterocycles. The Morgan fingerprint density at radius 3 is 2.47 bits per heavy atom. The number of halogens is 1. The summed E-state index contributed by atoms with van der Waals surface area (Å²) in [6, 6.07) is 8.32. The van der Waals surface area contributed by atoms with E-state index in [1.165, 1.54) is 12.1 Å². The summed E-state index contributed by atoms with van der Waals surface area (Å²) in [7, 11) is -1.15. The zero-order valence-electron chi connectivity index (χ0n) is 19.2. The van der Waals surface area contributed by atoms with Gasteiger partial charge in [-0.2, -0.15) is 9.61 Å². The number of hydrogen-bond acceptors (Lipinski definition) is 7. The summed E-state index contributed by atoms with van der Waals surface area (Å²) in [4.78, 5) is 11.2. The number of sulfone groups is 1. The van der Waals surface area contributed by atoms with E-state index in [-0.39, 0.29) is 23.2 Å². The van der Waals surface area contributed by atoms with Crippen molar-refractivity contribution in [3.63, 3.8) is 0 Å². The monoisotopic (exact) mass is 483 g/mol. The van der Waals surface area contributed by atoms with Crippen molar-refractivity contribution in [1.29, 1.82) is 0 Å². The zero-order chi connectivity index (χ0) is 24.0. The second-order valence-electron chi connectivity index (χ2n) is 8.70. The predicted octanol–water partition coefficient (Wildman–Crippen LogP) is 3.04. The van der Waals surface area contributed by atoms with Gasteiger partial charge in [0.05, 0.1) is 23.5 Å². The van der Waals surface area contributed by atoms with Gasteiger partial charge in [-0.05, 0) is 24.6 Å². The Morgan fingerprint density at radius 1 is 1.12 bits per heavy atom. The number of anilines is 3.